The summed E-state index contributed by atoms with van der Waals surface area (Å²) in [6.45, 7) is 9.24. The molecule has 148 valence electrons. The summed E-state index contributed by atoms with van der Waals surface area (Å²) in [5.74, 6) is -0.407. The Balaban J connectivity index is 1.86. The number of urea groups is 1. The molecule has 1 aliphatic heterocycles. The highest BCUT2D eigenvalue weighted by Crippen LogP contribution is 2.15. The topological polar surface area (TPSA) is 88.2 Å². The minimum absolute atomic E-state index is 0.247. The van der Waals surface area contributed by atoms with Gasteiger partial charge in [0.25, 0.3) is 0 Å². The lowest BCUT2D eigenvalue weighted by atomic mass is 10.1. The lowest BCUT2D eigenvalue weighted by Crippen LogP contribution is -2.51. The summed E-state index contributed by atoms with van der Waals surface area (Å²) >= 11 is 0. The molecule has 1 heterocycles. The van der Waals surface area contributed by atoms with Gasteiger partial charge in [-0.15, -0.1) is 0 Å². The van der Waals surface area contributed by atoms with Crippen molar-refractivity contribution in [1.82, 2.24) is 9.80 Å². The summed E-state index contributed by atoms with van der Waals surface area (Å²) in [5, 5.41) is 2.80. The lowest BCUT2D eigenvalue weighted by molar-refractivity contribution is 0.00694. The number of piperazine rings is 1. The number of nitrogens with zero attached hydrogens (tertiary/aromatic N) is 2. The second-order valence-corrected chi connectivity index (χ2v) is 7.18. The van der Waals surface area contributed by atoms with E-state index >= 15 is 0 Å². The first-order chi connectivity index (χ1) is 12.7. The van der Waals surface area contributed by atoms with Gasteiger partial charge in [0.2, 0.25) is 0 Å². The molecule has 1 aromatic rings. The van der Waals surface area contributed by atoms with Crippen LogP contribution in [0, 0.1) is 0 Å². The number of amides is 3. The Morgan fingerprint density at radius 1 is 1.00 bits per heavy atom. The van der Waals surface area contributed by atoms with E-state index in [0.717, 1.165) is 0 Å². The molecule has 0 aliphatic carbocycles. The summed E-state index contributed by atoms with van der Waals surface area (Å²) in [7, 11) is 0. The predicted octanol–water partition coefficient (Wildman–Crippen LogP) is 2.95. The quantitative estimate of drug-likeness (QED) is 0.818. The van der Waals surface area contributed by atoms with Crippen molar-refractivity contribution in [2.24, 2.45) is 0 Å². The molecule has 1 fully saturated rings. The maximum absolute atomic E-state index is 12.4. The van der Waals surface area contributed by atoms with Crippen LogP contribution in [0.15, 0.2) is 24.3 Å². The zero-order chi connectivity index (χ0) is 20.0. The molecule has 1 aliphatic rings. The molecule has 0 bridgehead atoms. The van der Waals surface area contributed by atoms with Crippen LogP contribution in [0.3, 0.4) is 0 Å². The van der Waals surface area contributed by atoms with Crippen molar-refractivity contribution in [3.63, 3.8) is 0 Å². The van der Waals surface area contributed by atoms with Gasteiger partial charge in [0.15, 0.2) is 0 Å². The maximum Gasteiger partial charge on any atom is 0.409 e. The smallest absolute Gasteiger partial charge is 0.409 e. The first-order valence-electron chi connectivity index (χ1n) is 9.00. The van der Waals surface area contributed by atoms with Gasteiger partial charge in [-0.3, -0.25) is 0 Å². The van der Waals surface area contributed by atoms with Crippen molar-refractivity contribution in [2.75, 3.05) is 38.1 Å². The Morgan fingerprint density at radius 3 is 2.07 bits per heavy atom. The highest BCUT2D eigenvalue weighted by Gasteiger charge is 2.25. The third-order valence-electron chi connectivity index (χ3n) is 3.86. The number of ether oxygens (including phenoxy) is 2. The van der Waals surface area contributed by atoms with Gasteiger partial charge in [-0.1, -0.05) is 0 Å². The molecule has 1 aromatic carbocycles. The largest absolute Gasteiger partial charge is 0.456 e. The fraction of sp³-hybridized carbons (Fsp3) is 0.526. The van der Waals surface area contributed by atoms with Crippen molar-refractivity contribution in [3.8, 4) is 0 Å². The molecule has 0 saturated carbocycles. The molecular formula is C19H27N3O5. The van der Waals surface area contributed by atoms with E-state index < -0.39 is 11.6 Å². The van der Waals surface area contributed by atoms with Crippen LogP contribution in [0.2, 0.25) is 0 Å². The Morgan fingerprint density at radius 2 is 1.56 bits per heavy atom. The molecule has 0 aromatic heterocycles. The number of hydrogen-bond donors (Lipinski definition) is 1. The van der Waals surface area contributed by atoms with Gasteiger partial charge in [0.05, 0.1) is 12.2 Å². The van der Waals surface area contributed by atoms with Crippen molar-refractivity contribution in [2.45, 2.75) is 33.3 Å². The predicted molar refractivity (Wildman–Crippen MR) is 101 cm³/mol. The van der Waals surface area contributed by atoms with E-state index in [9.17, 15) is 14.4 Å². The maximum atomic E-state index is 12.4. The molecule has 0 radical (unpaired) electrons. The summed E-state index contributed by atoms with van der Waals surface area (Å²) < 4.78 is 10.3. The monoisotopic (exact) mass is 377 g/mol. The Bertz CT molecular complexity index is 674. The van der Waals surface area contributed by atoms with E-state index in [-0.39, 0.29) is 12.1 Å². The van der Waals surface area contributed by atoms with E-state index in [1.54, 1.807) is 61.8 Å². The normalized spacial score (nSPS) is 14.5. The van der Waals surface area contributed by atoms with Crippen molar-refractivity contribution < 1.29 is 23.9 Å². The third-order valence-corrected chi connectivity index (χ3v) is 3.86. The van der Waals surface area contributed by atoms with Gasteiger partial charge in [0.1, 0.15) is 5.60 Å². The van der Waals surface area contributed by atoms with Crippen molar-refractivity contribution in [3.05, 3.63) is 29.8 Å². The first-order valence-corrected chi connectivity index (χ1v) is 9.00. The van der Waals surface area contributed by atoms with E-state index in [4.69, 9.17) is 9.47 Å². The average Bonchev–Trinajstić information content (AvgIpc) is 2.61. The van der Waals surface area contributed by atoms with Gasteiger partial charge in [-0.05, 0) is 52.0 Å². The van der Waals surface area contributed by atoms with Crippen LogP contribution in [0.4, 0.5) is 15.3 Å². The number of esters is 1. The van der Waals surface area contributed by atoms with Crippen LogP contribution in [-0.4, -0.2) is 66.3 Å². The summed E-state index contributed by atoms with van der Waals surface area (Å²) in [4.78, 5) is 39.3. The average molecular weight is 377 g/mol. The summed E-state index contributed by atoms with van der Waals surface area (Å²) in [5.41, 5.74) is 0.446. The molecular weight excluding hydrogens is 350 g/mol. The Hall–Kier alpha value is -2.77. The molecule has 2 rings (SSSR count). The second kappa shape index (κ2) is 8.75. The standard InChI is InChI=1S/C19H27N3O5/c1-5-26-18(25)22-12-10-21(11-13-22)17(24)20-15-8-6-14(7-9-15)16(23)27-19(2,3)4/h6-9H,5,10-13H2,1-4H3,(H,20,24). The molecule has 8 nitrogen and oxygen atoms in total. The number of rotatable bonds is 3. The number of hydrogen-bond acceptors (Lipinski definition) is 5. The molecule has 0 spiro atoms. The lowest BCUT2D eigenvalue weighted by Gasteiger charge is -2.34. The van der Waals surface area contributed by atoms with Crippen LogP contribution in [-0.2, 0) is 9.47 Å². The Labute approximate surface area is 159 Å². The Kier molecular flexibility index (Phi) is 6.65. The van der Waals surface area contributed by atoms with Gasteiger partial charge >= 0.3 is 18.1 Å². The molecule has 1 saturated heterocycles. The van der Waals surface area contributed by atoms with Crippen LogP contribution in [0.5, 0.6) is 0 Å². The van der Waals surface area contributed by atoms with E-state index in [1.165, 1.54) is 0 Å². The fourth-order valence-corrected chi connectivity index (χ4v) is 2.54. The van der Waals surface area contributed by atoms with Gasteiger partial charge in [0, 0.05) is 31.9 Å². The van der Waals surface area contributed by atoms with E-state index in [1.807, 2.05) is 0 Å². The highest BCUT2D eigenvalue weighted by atomic mass is 16.6. The third kappa shape index (κ3) is 6.16. The van der Waals surface area contributed by atoms with E-state index in [0.29, 0.717) is 44.0 Å². The molecule has 3 amide bonds. The molecule has 27 heavy (non-hydrogen) atoms. The first kappa shape index (κ1) is 20.5. The number of benzene rings is 1. The number of carbonyl (C=O) groups excluding carboxylic acids is 3. The summed E-state index contributed by atoms with van der Waals surface area (Å²) in [6.07, 6.45) is -0.352. The number of carbonyl (C=O) groups is 3. The van der Waals surface area contributed by atoms with E-state index in [2.05, 4.69) is 5.32 Å². The number of nitrogens with one attached hydrogen (secondary N) is 1. The summed E-state index contributed by atoms with van der Waals surface area (Å²) in [6, 6.07) is 6.30. The minimum atomic E-state index is -0.560. The van der Waals surface area contributed by atoms with Crippen molar-refractivity contribution >= 4 is 23.8 Å². The number of anilines is 1. The van der Waals surface area contributed by atoms with Crippen LogP contribution in [0.25, 0.3) is 0 Å². The highest BCUT2D eigenvalue weighted by molar-refractivity contribution is 5.92. The van der Waals surface area contributed by atoms with Gasteiger partial charge < -0.3 is 24.6 Å². The minimum Gasteiger partial charge on any atom is -0.456 e. The van der Waals surface area contributed by atoms with Crippen LogP contribution in [0.1, 0.15) is 38.1 Å². The fourth-order valence-electron chi connectivity index (χ4n) is 2.54. The molecule has 0 unspecified atom stereocenters. The zero-order valence-electron chi connectivity index (χ0n) is 16.3. The molecule has 1 N–H and O–H groups in total. The zero-order valence-corrected chi connectivity index (χ0v) is 16.3. The van der Waals surface area contributed by atoms with Crippen molar-refractivity contribution in [1.29, 1.82) is 0 Å². The van der Waals surface area contributed by atoms with Gasteiger partial charge in [-0.25, -0.2) is 14.4 Å². The van der Waals surface area contributed by atoms with Crippen LogP contribution >= 0.6 is 0 Å². The van der Waals surface area contributed by atoms with Gasteiger partial charge in [-0.2, -0.15) is 0 Å². The van der Waals surface area contributed by atoms with Crippen LogP contribution < -0.4 is 5.32 Å². The second-order valence-electron chi connectivity index (χ2n) is 7.18. The SMILES string of the molecule is CCOC(=O)N1CCN(C(=O)Nc2ccc(C(=O)OC(C)(C)C)cc2)CC1. The molecule has 8 heteroatoms. The molecule has 0 atom stereocenters.